The van der Waals surface area contributed by atoms with E-state index in [0.29, 0.717) is 5.39 Å². The summed E-state index contributed by atoms with van der Waals surface area (Å²) in [6.07, 6.45) is 0.0487. The van der Waals surface area contributed by atoms with Crippen LogP contribution in [-0.2, 0) is 7.05 Å². The number of anilines is 1. The number of carbonyl (C=O) groups excluding carboxylic acids is 1. The number of hydrogen-bond acceptors (Lipinski definition) is 4. The molecule has 130 valence electrons. The Morgan fingerprint density at radius 2 is 2.04 bits per heavy atom. The van der Waals surface area contributed by atoms with Crippen LogP contribution in [0.3, 0.4) is 0 Å². The summed E-state index contributed by atoms with van der Waals surface area (Å²) in [4.78, 5) is 20.0. The summed E-state index contributed by atoms with van der Waals surface area (Å²) in [7, 11) is 1.75. The summed E-state index contributed by atoms with van der Waals surface area (Å²) < 4.78 is 41.7. The molecule has 0 aliphatic carbocycles. The molecule has 1 aromatic carbocycles. The van der Waals surface area contributed by atoms with Gasteiger partial charge in [-0.3, -0.25) is 9.78 Å². The molecule has 3 rings (SSSR count). The van der Waals surface area contributed by atoms with Crippen LogP contribution in [0.5, 0.6) is 0 Å². The second-order valence-corrected chi connectivity index (χ2v) is 5.63. The van der Waals surface area contributed by atoms with Crippen LogP contribution in [0.4, 0.5) is 19.0 Å². The van der Waals surface area contributed by atoms with Crippen molar-refractivity contribution < 1.29 is 18.0 Å². The topological polar surface area (TPSA) is 59.8 Å². The van der Waals surface area contributed by atoms with Gasteiger partial charge in [0, 0.05) is 48.5 Å². The van der Waals surface area contributed by atoms with Crippen molar-refractivity contribution in [2.24, 2.45) is 7.05 Å². The van der Waals surface area contributed by atoms with Gasteiger partial charge in [0.1, 0.15) is 11.9 Å². The van der Waals surface area contributed by atoms with Crippen molar-refractivity contribution >= 4 is 22.5 Å². The van der Waals surface area contributed by atoms with Crippen molar-refractivity contribution in [3.05, 3.63) is 54.6 Å². The van der Waals surface area contributed by atoms with E-state index < -0.39 is 24.4 Å². The molecule has 0 saturated carbocycles. The zero-order chi connectivity index (χ0) is 18.0. The molecule has 0 fully saturated rings. The molecule has 25 heavy (non-hydrogen) atoms. The fourth-order valence-corrected chi connectivity index (χ4v) is 2.66. The van der Waals surface area contributed by atoms with Crippen molar-refractivity contribution in [3.63, 3.8) is 0 Å². The average Bonchev–Trinajstić information content (AvgIpc) is 2.92. The highest BCUT2D eigenvalue weighted by molar-refractivity contribution is 6.08. The molecule has 0 radical (unpaired) electrons. The molecule has 0 aliphatic heterocycles. The quantitative estimate of drug-likeness (QED) is 0.716. The van der Waals surface area contributed by atoms with Crippen molar-refractivity contribution in [3.8, 4) is 0 Å². The van der Waals surface area contributed by atoms with Gasteiger partial charge in [0.2, 0.25) is 0 Å². The maximum Gasteiger partial charge on any atom is 0.409 e. The van der Waals surface area contributed by atoms with E-state index in [0.717, 1.165) is 5.52 Å². The van der Waals surface area contributed by atoms with Crippen LogP contribution in [0, 0.1) is 0 Å². The van der Waals surface area contributed by atoms with Crippen molar-refractivity contribution in [1.82, 2.24) is 14.5 Å². The third-order valence-electron chi connectivity index (χ3n) is 3.87. The van der Waals surface area contributed by atoms with Gasteiger partial charge >= 0.3 is 6.18 Å². The third kappa shape index (κ3) is 3.62. The molecule has 2 heterocycles. The predicted octanol–water partition coefficient (Wildman–Crippen LogP) is 3.58. The van der Waals surface area contributed by atoms with E-state index in [4.69, 9.17) is 0 Å². The highest BCUT2D eigenvalue weighted by atomic mass is 19.4. The largest absolute Gasteiger partial charge is 0.409 e. The molecule has 0 saturated heterocycles. The first-order valence-corrected chi connectivity index (χ1v) is 7.53. The third-order valence-corrected chi connectivity index (χ3v) is 3.87. The maximum absolute atomic E-state index is 13.3. The van der Waals surface area contributed by atoms with Crippen LogP contribution in [0.15, 0.2) is 49.1 Å². The molecule has 1 atom stereocenters. The molecule has 0 bridgehead atoms. The highest BCUT2D eigenvalue weighted by Gasteiger charge is 2.41. The number of aromatic nitrogens is 3. The minimum absolute atomic E-state index is 0.0319. The Kier molecular flexibility index (Phi) is 4.43. The number of para-hydroxylation sites is 1. The van der Waals surface area contributed by atoms with E-state index in [-0.39, 0.29) is 11.4 Å². The van der Waals surface area contributed by atoms with Crippen molar-refractivity contribution in [2.75, 3.05) is 5.32 Å². The molecule has 2 aromatic heterocycles. The number of carbonyl (C=O) groups is 1. The number of benzene rings is 1. The second-order valence-electron chi connectivity index (χ2n) is 5.63. The smallest absolute Gasteiger partial charge is 0.357 e. The van der Waals surface area contributed by atoms with Crippen molar-refractivity contribution in [2.45, 2.75) is 18.6 Å². The number of aryl methyl sites for hydroxylation is 1. The number of alkyl halides is 3. The van der Waals surface area contributed by atoms with Crippen LogP contribution in [0.2, 0.25) is 0 Å². The maximum atomic E-state index is 13.3. The van der Waals surface area contributed by atoms with E-state index in [1.165, 1.54) is 18.6 Å². The fraction of sp³-hybridized carbons (Fsp3) is 0.235. The number of halogens is 3. The normalized spacial score (nSPS) is 13.0. The Labute approximate surface area is 141 Å². The van der Waals surface area contributed by atoms with E-state index in [1.807, 2.05) is 12.1 Å². The lowest BCUT2D eigenvalue weighted by molar-refractivity contribution is -0.141. The number of Topliss-reactive ketones (excluding diaryl/α,β-unsaturated/α-hetero) is 1. The predicted molar refractivity (Wildman–Crippen MR) is 87.4 cm³/mol. The van der Waals surface area contributed by atoms with Gasteiger partial charge in [0.15, 0.2) is 5.78 Å². The van der Waals surface area contributed by atoms with Crippen LogP contribution in [0.1, 0.15) is 16.8 Å². The van der Waals surface area contributed by atoms with Gasteiger partial charge in [-0.15, -0.1) is 0 Å². The van der Waals surface area contributed by atoms with E-state index in [2.05, 4.69) is 15.3 Å². The van der Waals surface area contributed by atoms with Crippen LogP contribution >= 0.6 is 0 Å². The average molecular weight is 348 g/mol. The molecule has 8 heteroatoms. The van der Waals surface area contributed by atoms with Gasteiger partial charge in [0.25, 0.3) is 0 Å². The number of fused-ring (bicyclic) bond motifs is 1. The number of ketones is 1. The minimum Gasteiger partial charge on any atom is -0.357 e. The lowest BCUT2D eigenvalue weighted by Crippen LogP contribution is -2.38. The van der Waals surface area contributed by atoms with Gasteiger partial charge in [-0.2, -0.15) is 13.2 Å². The zero-order valence-corrected chi connectivity index (χ0v) is 13.3. The van der Waals surface area contributed by atoms with Gasteiger partial charge in [-0.1, -0.05) is 18.2 Å². The molecular weight excluding hydrogens is 333 g/mol. The van der Waals surface area contributed by atoms with Gasteiger partial charge < -0.3 is 9.88 Å². The summed E-state index contributed by atoms with van der Waals surface area (Å²) in [5.74, 6) is -0.619. The SMILES string of the molecule is Cn1cc(C(=O)CC(Nc2cnccn2)C(F)(F)F)c2ccccc21. The number of rotatable bonds is 5. The highest BCUT2D eigenvalue weighted by Crippen LogP contribution is 2.28. The van der Waals surface area contributed by atoms with E-state index in [1.54, 1.807) is 29.9 Å². The van der Waals surface area contributed by atoms with Crippen LogP contribution in [0.25, 0.3) is 10.9 Å². The Morgan fingerprint density at radius 3 is 2.72 bits per heavy atom. The van der Waals surface area contributed by atoms with Crippen LogP contribution < -0.4 is 5.32 Å². The summed E-state index contributed by atoms with van der Waals surface area (Å²) in [6.45, 7) is 0. The molecule has 5 nitrogen and oxygen atoms in total. The molecule has 3 aromatic rings. The Bertz CT molecular complexity index is 890. The molecule has 0 spiro atoms. The first-order valence-electron chi connectivity index (χ1n) is 7.53. The Morgan fingerprint density at radius 1 is 1.28 bits per heavy atom. The Balaban J connectivity index is 1.87. The van der Waals surface area contributed by atoms with E-state index in [9.17, 15) is 18.0 Å². The molecule has 0 amide bonds. The number of nitrogens with one attached hydrogen (secondary N) is 1. The Hall–Kier alpha value is -2.90. The van der Waals surface area contributed by atoms with E-state index >= 15 is 0 Å². The lowest BCUT2D eigenvalue weighted by atomic mass is 10.0. The second kappa shape index (κ2) is 6.54. The monoisotopic (exact) mass is 348 g/mol. The molecule has 1 unspecified atom stereocenters. The van der Waals surface area contributed by atoms with Gasteiger partial charge in [-0.05, 0) is 6.07 Å². The lowest BCUT2D eigenvalue weighted by Gasteiger charge is -2.21. The standard InChI is InChI=1S/C17H15F3N4O/c1-24-10-12(11-4-2-3-5-13(11)24)14(25)8-15(17(18,19)20)23-16-9-21-6-7-22-16/h2-7,9-10,15H,8H2,1H3,(H,22,23). The zero-order valence-electron chi connectivity index (χ0n) is 13.3. The molecular formula is C17H15F3N4O. The molecule has 1 N–H and O–H groups in total. The van der Waals surface area contributed by atoms with Gasteiger partial charge in [-0.25, -0.2) is 4.98 Å². The van der Waals surface area contributed by atoms with Crippen LogP contribution in [-0.4, -0.2) is 32.5 Å². The summed E-state index contributed by atoms with van der Waals surface area (Å²) in [6, 6.07) is 5.05. The molecule has 0 aliphatic rings. The fourth-order valence-electron chi connectivity index (χ4n) is 2.66. The number of hydrogen-bond donors (Lipinski definition) is 1. The summed E-state index contributed by atoms with van der Waals surface area (Å²) in [5, 5.41) is 2.88. The van der Waals surface area contributed by atoms with Crippen molar-refractivity contribution in [1.29, 1.82) is 0 Å². The first kappa shape index (κ1) is 16.9. The first-order chi connectivity index (χ1) is 11.9. The number of nitrogens with zero attached hydrogens (tertiary/aromatic N) is 3. The summed E-state index contributed by atoms with van der Waals surface area (Å²) >= 11 is 0. The minimum atomic E-state index is -4.60. The summed E-state index contributed by atoms with van der Waals surface area (Å²) in [5.41, 5.74) is 1.06. The van der Waals surface area contributed by atoms with Gasteiger partial charge in [0.05, 0.1) is 6.20 Å².